The number of esters is 1. The van der Waals surface area contributed by atoms with Gasteiger partial charge in [-0.15, -0.1) is 0 Å². The molecule has 108 valence electrons. The lowest BCUT2D eigenvalue weighted by molar-refractivity contribution is -0.147. The summed E-state index contributed by atoms with van der Waals surface area (Å²) in [6, 6.07) is 6.70. The third-order valence-corrected chi connectivity index (χ3v) is 2.29. The molecular formula is C14H18N2O4. The van der Waals surface area contributed by atoms with Crippen molar-refractivity contribution in [1.29, 1.82) is 0 Å². The monoisotopic (exact) mass is 278 g/mol. The zero-order valence-corrected chi connectivity index (χ0v) is 11.6. The van der Waals surface area contributed by atoms with Gasteiger partial charge in [-0.25, -0.2) is 0 Å². The van der Waals surface area contributed by atoms with Gasteiger partial charge >= 0.3 is 5.97 Å². The molecule has 0 aliphatic rings. The van der Waals surface area contributed by atoms with Crippen LogP contribution in [0.5, 0.6) is 0 Å². The van der Waals surface area contributed by atoms with Gasteiger partial charge in [0, 0.05) is 24.7 Å². The van der Waals surface area contributed by atoms with Crippen molar-refractivity contribution in [2.24, 2.45) is 0 Å². The molecule has 1 aromatic rings. The number of benzene rings is 1. The van der Waals surface area contributed by atoms with Gasteiger partial charge in [-0.1, -0.05) is 13.0 Å². The van der Waals surface area contributed by atoms with E-state index < -0.39 is 11.9 Å². The highest BCUT2D eigenvalue weighted by Crippen LogP contribution is 2.14. The number of amides is 2. The molecule has 0 bridgehead atoms. The van der Waals surface area contributed by atoms with Crippen molar-refractivity contribution in [3.05, 3.63) is 24.3 Å². The van der Waals surface area contributed by atoms with Crippen molar-refractivity contribution in [3.8, 4) is 0 Å². The molecule has 6 nitrogen and oxygen atoms in total. The summed E-state index contributed by atoms with van der Waals surface area (Å²) in [4.78, 5) is 33.6. The number of rotatable bonds is 6. The van der Waals surface area contributed by atoms with Gasteiger partial charge in [0.1, 0.15) is 0 Å². The lowest BCUT2D eigenvalue weighted by Crippen LogP contribution is -2.20. The summed E-state index contributed by atoms with van der Waals surface area (Å²) in [6.07, 6.45) is 0.977. The van der Waals surface area contributed by atoms with E-state index in [1.54, 1.807) is 24.3 Å². The number of carbonyl (C=O) groups excluding carboxylic acids is 3. The Morgan fingerprint density at radius 1 is 1.15 bits per heavy atom. The first-order valence-electron chi connectivity index (χ1n) is 6.34. The lowest BCUT2D eigenvalue weighted by atomic mass is 10.2. The van der Waals surface area contributed by atoms with E-state index in [2.05, 4.69) is 10.6 Å². The first-order chi connectivity index (χ1) is 9.51. The highest BCUT2D eigenvalue weighted by atomic mass is 16.5. The number of hydrogen-bond acceptors (Lipinski definition) is 4. The highest BCUT2D eigenvalue weighted by molar-refractivity contribution is 5.94. The number of ether oxygens (including phenoxy) is 1. The summed E-state index contributed by atoms with van der Waals surface area (Å²) < 4.78 is 4.79. The van der Waals surface area contributed by atoms with Gasteiger partial charge in [0.2, 0.25) is 5.91 Å². The summed E-state index contributed by atoms with van der Waals surface area (Å²) in [5.74, 6) is -1.01. The molecule has 1 rings (SSSR count). The largest absolute Gasteiger partial charge is 0.456 e. The lowest BCUT2D eigenvalue weighted by Gasteiger charge is -2.08. The van der Waals surface area contributed by atoms with Crippen LogP contribution in [0.15, 0.2) is 24.3 Å². The smallest absolute Gasteiger partial charge is 0.306 e. The molecule has 0 fully saturated rings. The summed E-state index contributed by atoms with van der Waals surface area (Å²) in [6.45, 7) is 2.94. The first-order valence-corrected chi connectivity index (χ1v) is 6.34. The topological polar surface area (TPSA) is 84.5 Å². The van der Waals surface area contributed by atoms with Crippen LogP contribution in [0.25, 0.3) is 0 Å². The predicted molar refractivity (Wildman–Crippen MR) is 75.2 cm³/mol. The Morgan fingerprint density at radius 2 is 1.80 bits per heavy atom. The zero-order valence-electron chi connectivity index (χ0n) is 11.6. The van der Waals surface area contributed by atoms with E-state index in [1.807, 2.05) is 6.92 Å². The normalized spacial score (nSPS) is 9.70. The fourth-order valence-corrected chi connectivity index (χ4v) is 1.50. The molecule has 0 heterocycles. The second-order valence-electron chi connectivity index (χ2n) is 4.22. The number of nitrogens with one attached hydrogen (secondary N) is 2. The molecule has 0 atom stereocenters. The van der Waals surface area contributed by atoms with Gasteiger partial charge < -0.3 is 15.4 Å². The fraction of sp³-hybridized carbons (Fsp3) is 0.357. The van der Waals surface area contributed by atoms with E-state index in [9.17, 15) is 14.4 Å². The van der Waals surface area contributed by atoms with Crippen LogP contribution in [0, 0.1) is 0 Å². The quantitative estimate of drug-likeness (QED) is 0.779. The average molecular weight is 278 g/mol. The van der Waals surface area contributed by atoms with E-state index in [4.69, 9.17) is 4.74 Å². The molecule has 0 aliphatic heterocycles. The summed E-state index contributed by atoms with van der Waals surface area (Å²) in [5.41, 5.74) is 1.10. The van der Waals surface area contributed by atoms with Crippen molar-refractivity contribution in [1.82, 2.24) is 0 Å². The van der Waals surface area contributed by atoms with Crippen molar-refractivity contribution >= 4 is 29.2 Å². The van der Waals surface area contributed by atoms with Crippen LogP contribution in [0.1, 0.15) is 26.7 Å². The third-order valence-electron chi connectivity index (χ3n) is 2.29. The maximum Gasteiger partial charge on any atom is 0.306 e. The Morgan fingerprint density at radius 3 is 2.40 bits per heavy atom. The third kappa shape index (κ3) is 5.99. The molecule has 0 spiro atoms. The summed E-state index contributed by atoms with van der Waals surface area (Å²) in [5, 5.41) is 5.20. The van der Waals surface area contributed by atoms with Crippen LogP contribution < -0.4 is 10.6 Å². The summed E-state index contributed by atoms with van der Waals surface area (Å²) >= 11 is 0. The minimum Gasteiger partial charge on any atom is -0.456 e. The molecule has 0 aliphatic carbocycles. The second-order valence-corrected chi connectivity index (χ2v) is 4.22. The molecule has 6 heteroatoms. The van der Waals surface area contributed by atoms with E-state index >= 15 is 0 Å². The molecule has 2 amide bonds. The standard InChI is InChI=1S/C14H18N2O4/c1-3-5-14(19)20-9-13(18)16-12-7-4-6-11(8-12)15-10(2)17/h4,6-8H,3,5,9H2,1-2H3,(H,15,17)(H,16,18). The molecule has 0 aromatic heterocycles. The molecule has 20 heavy (non-hydrogen) atoms. The Kier molecular flexibility index (Phi) is 6.22. The zero-order chi connectivity index (χ0) is 15.0. The van der Waals surface area contributed by atoms with E-state index in [-0.39, 0.29) is 12.5 Å². The number of carbonyl (C=O) groups is 3. The molecule has 0 saturated heterocycles. The maximum atomic E-state index is 11.6. The second kappa shape index (κ2) is 7.93. The number of hydrogen-bond donors (Lipinski definition) is 2. The van der Waals surface area contributed by atoms with E-state index in [0.717, 1.165) is 0 Å². The van der Waals surface area contributed by atoms with Gasteiger partial charge in [-0.2, -0.15) is 0 Å². The summed E-state index contributed by atoms with van der Waals surface area (Å²) in [7, 11) is 0. The van der Waals surface area contributed by atoms with Crippen LogP contribution in [-0.4, -0.2) is 24.4 Å². The van der Waals surface area contributed by atoms with E-state index in [1.165, 1.54) is 6.92 Å². The predicted octanol–water partition coefficient (Wildman–Crippen LogP) is 1.93. The van der Waals surface area contributed by atoms with Crippen LogP contribution in [0.3, 0.4) is 0 Å². The molecule has 0 unspecified atom stereocenters. The van der Waals surface area contributed by atoms with Crippen molar-refractivity contribution in [2.75, 3.05) is 17.2 Å². The van der Waals surface area contributed by atoms with Gasteiger partial charge in [-0.05, 0) is 24.6 Å². The van der Waals surface area contributed by atoms with Crippen LogP contribution in [0.4, 0.5) is 11.4 Å². The van der Waals surface area contributed by atoms with Gasteiger partial charge in [-0.3, -0.25) is 14.4 Å². The van der Waals surface area contributed by atoms with Crippen molar-refractivity contribution in [3.63, 3.8) is 0 Å². The minimum atomic E-state index is -0.422. The SMILES string of the molecule is CCCC(=O)OCC(=O)Nc1cccc(NC(C)=O)c1. The van der Waals surface area contributed by atoms with Crippen LogP contribution in [0.2, 0.25) is 0 Å². The van der Waals surface area contributed by atoms with Gasteiger partial charge in [0.05, 0.1) is 0 Å². The maximum absolute atomic E-state index is 11.6. The molecule has 1 aromatic carbocycles. The Labute approximate surface area is 117 Å². The average Bonchev–Trinajstić information content (AvgIpc) is 2.36. The van der Waals surface area contributed by atoms with Crippen LogP contribution >= 0.6 is 0 Å². The highest BCUT2D eigenvalue weighted by Gasteiger charge is 2.07. The molecule has 2 N–H and O–H groups in total. The van der Waals surface area contributed by atoms with E-state index in [0.29, 0.717) is 24.2 Å². The van der Waals surface area contributed by atoms with Gasteiger partial charge in [0.25, 0.3) is 5.91 Å². The Bertz CT molecular complexity index is 500. The fourth-order valence-electron chi connectivity index (χ4n) is 1.50. The van der Waals surface area contributed by atoms with Gasteiger partial charge in [0.15, 0.2) is 6.61 Å². The Balaban J connectivity index is 2.49. The Hall–Kier alpha value is -2.37. The van der Waals surface area contributed by atoms with Crippen molar-refractivity contribution < 1.29 is 19.1 Å². The molecule has 0 radical (unpaired) electrons. The number of anilines is 2. The van der Waals surface area contributed by atoms with Crippen molar-refractivity contribution in [2.45, 2.75) is 26.7 Å². The first kappa shape index (κ1) is 15.7. The van der Waals surface area contributed by atoms with Crippen LogP contribution in [-0.2, 0) is 19.1 Å². The molecular weight excluding hydrogens is 260 g/mol. The minimum absolute atomic E-state index is 0.193. The molecule has 0 saturated carbocycles.